The molecule has 0 radical (unpaired) electrons. The molecule has 0 amide bonds. The zero-order valence-corrected chi connectivity index (χ0v) is 41.5. The minimum Gasteiger partial charge on any atom is -0.390 e. The Kier molecular flexibility index (Phi) is 19.0. The number of benzene rings is 6. The minimum atomic E-state index is -0.167. The number of β-amino-alcohol motifs (C(OH)–C–C–N with tert-alkyl or cyclic N) is 1. The summed E-state index contributed by atoms with van der Waals surface area (Å²) in [6.07, 6.45) is 11.4. The van der Waals surface area contributed by atoms with Gasteiger partial charge in [-0.3, -0.25) is 14.7 Å². The van der Waals surface area contributed by atoms with Crippen molar-refractivity contribution in [2.24, 2.45) is 5.92 Å². The molecular formula is C59H66Cl2N8O. The van der Waals surface area contributed by atoms with Crippen molar-refractivity contribution in [1.82, 2.24) is 39.1 Å². The van der Waals surface area contributed by atoms with Gasteiger partial charge in [-0.2, -0.15) is 0 Å². The van der Waals surface area contributed by atoms with Gasteiger partial charge in [-0.05, 0) is 39.3 Å². The van der Waals surface area contributed by atoms with Crippen LogP contribution in [-0.4, -0.2) is 103 Å². The number of rotatable bonds is 11. The van der Waals surface area contributed by atoms with Gasteiger partial charge in [-0.25, -0.2) is 9.97 Å². The van der Waals surface area contributed by atoms with Gasteiger partial charge in [0, 0.05) is 77.1 Å². The maximum atomic E-state index is 9.52. The van der Waals surface area contributed by atoms with Crippen LogP contribution in [0.2, 0.25) is 0 Å². The molecule has 4 aliphatic heterocycles. The molecule has 6 aromatic carbocycles. The lowest BCUT2D eigenvalue weighted by Crippen LogP contribution is -2.52. The standard InChI is InChI=1S/C19H19N3.C17H19N.C16H17NO.C6H9N3.CH2Cl2/c1-3-7-16(8-4-1)19(17-9-5-2-6-10-17)22-13-18(14-22)21-12-11-20-15-21;1-14-12-18(13-14)17(15-8-4-2-5-9-15)16-10-6-3-7-11-16;18-15-11-17(12-15)16(13-7-3-1-4-8-13)14-9-5-2-6-10-14;1-2-9(5-7-1)6-3-8-4-6;2-1-3/h1-12,15,18-19H,13-14H2;2-11,14,17H,12-13H2,1H3;1-10,15-16,18H,11-12H2;1-2,5-6,8H,3-4H2;1H2. The molecular weight excluding hydrogens is 908 g/mol. The van der Waals surface area contributed by atoms with Crippen molar-refractivity contribution >= 4 is 23.2 Å². The van der Waals surface area contributed by atoms with Crippen LogP contribution in [0.5, 0.6) is 0 Å². The van der Waals surface area contributed by atoms with E-state index in [9.17, 15) is 5.11 Å². The van der Waals surface area contributed by atoms with Crippen LogP contribution in [-0.2, 0) is 0 Å². The second-order valence-electron chi connectivity index (χ2n) is 18.4. The number of aromatic nitrogens is 4. The maximum absolute atomic E-state index is 9.52. The monoisotopic (exact) mass is 972 g/mol. The zero-order valence-electron chi connectivity index (χ0n) is 40.0. The second kappa shape index (κ2) is 26.4. The summed E-state index contributed by atoms with van der Waals surface area (Å²) < 4.78 is 4.35. The average Bonchev–Trinajstić information content (AvgIpc) is 4.10. The number of imidazole rings is 2. The van der Waals surface area contributed by atoms with Crippen molar-refractivity contribution in [3.63, 3.8) is 0 Å². The SMILES string of the molecule is CC1CN(C(c2ccccc2)c2ccccc2)C1.ClCCl.OC1CN(C(c2ccccc2)c2ccccc2)C1.c1ccc(C(c2ccccc2)N2CC(n3ccnc3)C2)cc1.c1cn(C2CNC2)cn1. The smallest absolute Gasteiger partial charge is 0.0967 e. The van der Waals surface area contributed by atoms with E-state index >= 15 is 0 Å². The van der Waals surface area contributed by atoms with Gasteiger partial charge in [0.05, 0.1) is 54.3 Å². The molecule has 0 saturated carbocycles. The Morgan fingerprint density at radius 2 is 0.743 bits per heavy atom. The third kappa shape index (κ3) is 13.7. The van der Waals surface area contributed by atoms with Gasteiger partial charge in [0.2, 0.25) is 0 Å². The van der Waals surface area contributed by atoms with Crippen molar-refractivity contribution in [1.29, 1.82) is 0 Å². The number of aliphatic hydroxyl groups excluding tert-OH is 1. The van der Waals surface area contributed by atoms with Crippen LogP contribution in [0, 0.1) is 5.92 Å². The quantitative estimate of drug-likeness (QED) is 0.125. The fourth-order valence-corrected chi connectivity index (χ4v) is 9.65. The number of hydrogen-bond donors (Lipinski definition) is 2. The molecule has 4 saturated heterocycles. The number of nitrogens with zero attached hydrogens (tertiary/aromatic N) is 7. The molecule has 70 heavy (non-hydrogen) atoms. The zero-order chi connectivity index (χ0) is 48.3. The van der Waals surface area contributed by atoms with E-state index in [1.54, 1.807) is 0 Å². The van der Waals surface area contributed by atoms with E-state index < -0.39 is 0 Å². The van der Waals surface area contributed by atoms with E-state index in [1.165, 1.54) is 46.5 Å². The summed E-state index contributed by atoms with van der Waals surface area (Å²) in [4.78, 5) is 15.5. The summed E-state index contributed by atoms with van der Waals surface area (Å²) in [6, 6.07) is 66.4. The van der Waals surface area contributed by atoms with Gasteiger partial charge >= 0.3 is 0 Å². The molecule has 0 bridgehead atoms. The number of alkyl halides is 2. The first kappa shape index (κ1) is 50.5. The summed E-state index contributed by atoms with van der Waals surface area (Å²) in [5.41, 5.74) is 8.09. The van der Waals surface area contributed by atoms with E-state index in [4.69, 9.17) is 23.2 Å². The Morgan fingerprint density at radius 3 is 0.986 bits per heavy atom. The van der Waals surface area contributed by atoms with Gasteiger partial charge in [0.25, 0.3) is 0 Å². The van der Waals surface area contributed by atoms with Crippen LogP contribution in [0.4, 0.5) is 0 Å². The van der Waals surface area contributed by atoms with Gasteiger partial charge in [-0.15, -0.1) is 23.2 Å². The Hall–Kier alpha value is -5.88. The fourth-order valence-electron chi connectivity index (χ4n) is 9.65. The summed E-state index contributed by atoms with van der Waals surface area (Å²) in [7, 11) is 0. The largest absolute Gasteiger partial charge is 0.390 e. The van der Waals surface area contributed by atoms with Crippen molar-refractivity contribution in [3.8, 4) is 0 Å². The molecule has 2 aromatic heterocycles. The lowest BCUT2D eigenvalue weighted by Gasteiger charge is -2.45. The first-order chi connectivity index (χ1) is 34.5. The lowest BCUT2D eigenvalue weighted by atomic mass is 9.91. The van der Waals surface area contributed by atoms with Gasteiger partial charge < -0.3 is 19.6 Å². The minimum absolute atomic E-state index is 0.167. The Bertz CT molecular complexity index is 2380. The Morgan fingerprint density at radius 1 is 0.457 bits per heavy atom. The number of halogens is 2. The summed E-state index contributed by atoms with van der Waals surface area (Å²) >= 11 is 9.53. The van der Waals surface area contributed by atoms with Crippen molar-refractivity contribution in [2.75, 3.05) is 57.7 Å². The normalized spacial score (nSPS) is 16.4. The molecule has 0 aliphatic carbocycles. The van der Waals surface area contributed by atoms with E-state index in [0.717, 1.165) is 45.2 Å². The molecule has 11 heteroatoms. The van der Waals surface area contributed by atoms with Crippen LogP contribution < -0.4 is 5.32 Å². The molecule has 4 fully saturated rings. The average molecular weight is 974 g/mol. The van der Waals surface area contributed by atoms with Crippen LogP contribution >= 0.6 is 23.2 Å². The molecule has 0 spiro atoms. The highest BCUT2D eigenvalue weighted by Gasteiger charge is 2.35. The predicted octanol–water partition coefficient (Wildman–Crippen LogP) is 11.2. The van der Waals surface area contributed by atoms with E-state index in [-0.39, 0.29) is 17.5 Å². The number of nitrogens with one attached hydrogen (secondary N) is 1. The number of hydrogen-bond acceptors (Lipinski definition) is 7. The third-order valence-corrected chi connectivity index (χ3v) is 13.3. The molecule has 8 aromatic rings. The Balaban J connectivity index is 0.000000127. The summed E-state index contributed by atoms with van der Waals surface area (Å²) in [5, 5.41) is 12.9. The lowest BCUT2D eigenvalue weighted by molar-refractivity contribution is -0.0160. The van der Waals surface area contributed by atoms with Gasteiger partial charge in [0.1, 0.15) is 0 Å². The van der Waals surface area contributed by atoms with Crippen LogP contribution in [0.1, 0.15) is 70.5 Å². The molecule has 362 valence electrons. The first-order valence-corrected chi connectivity index (χ1v) is 25.5. The van der Waals surface area contributed by atoms with Crippen molar-refractivity contribution < 1.29 is 5.11 Å². The van der Waals surface area contributed by atoms with Crippen LogP contribution in [0.15, 0.2) is 219 Å². The molecule has 0 atom stereocenters. The maximum Gasteiger partial charge on any atom is 0.0967 e. The van der Waals surface area contributed by atoms with Crippen molar-refractivity contribution in [3.05, 3.63) is 253 Å². The van der Waals surface area contributed by atoms with Gasteiger partial charge in [-0.1, -0.05) is 189 Å². The highest BCUT2D eigenvalue weighted by atomic mass is 35.5. The molecule has 2 N–H and O–H groups in total. The Labute approximate surface area is 425 Å². The second-order valence-corrected chi connectivity index (χ2v) is 19.2. The molecule has 6 heterocycles. The first-order valence-electron chi connectivity index (χ1n) is 24.5. The fraction of sp³-hybridized carbons (Fsp3) is 0.288. The van der Waals surface area contributed by atoms with E-state index in [2.05, 4.69) is 222 Å². The number of aliphatic hydroxyl groups is 1. The topological polar surface area (TPSA) is 77.6 Å². The summed E-state index contributed by atoms with van der Waals surface area (Å²) in [5.74, 6) is 0.833. The highest BCUT2D eigenvalue weighted by Crippen LogP contribution is 2.37. The van der Waals surface area contributed by atoms with Crippen LogP contribution in [0.3, 0.4) is 0 Å². The van der Waals surface area contributed by atoms with Gasteiger partial charge in [0.15, 0.2) is 0 Å². The van der Waals surface area contributed by atoms with E-state index in [0.29, 0.717) is 24.2 Å². The van der Waals surface area contributed by atoms with Crippen molar-refractivity contribution in [2.45, 2.75) is 43.2 Å². The van der Waals surface area contributed by atoms with E-state index in [1.807, 2.05) is 43.4 Å². The molecule has 4 aliphatic rings. The molecule has 9 nitrogen and oxygen atoms in total. The number of likely N-dealkylation sites (tertiary alicyclic amines) is 3. The van der Waals surface area contributed by atoms with Crippen LogP contribution in [0.25, 0.3) is 0 Å². The third-order valence-electron chi connectivity index (χ3n) is 13.3. The molecule has 0 unspecified atom stereocenters. The molecule has 12 rings (SSSR count). The highest BCUT2D eigenvalue weighted by molar-refractivity contribution is 6.40. The predicted molar refractivity (Wildman–Crippen MR) is 286 cm³/mol. The summed E-state index contributed by atoms with van der Waals surface area (Å²) in [6.45, 7) is 10.6.